The Labute approximate surface area is 212 Å². The highest BCUT2D eigenvalue weighted by Crippen LogP contribution is 2.27. The first kappa shape index (κ1) is 26.3. The molecule has 0 aliphatic heterocycles. The summed E-state index contributed by atoms with van der Waals surface area (Å²) in [5.74, 6) is -1.62. The number of ether oxygens (including phenoxy) is 1. The second-order valence-electron chi connectivity index (χ2n) is 8.24. The minimum Gasteiger partial charge on any atom is -0.406 e. The summed E-state index contributed by atoms with van der Waals surface area (Å²) in [5, 5.41) is 14.3. The van der Waals surface area contributed by atoms with Gasteiger partial charge in [0.1, 0.15) is 17.1 Å². The van der Waals surface area contributed by atoms with Crippen LogP contribution in [-0.2, 0) is 13.0 Å². The van der Waals surface area contributed by atoms with Crippen LogP contribution in [0.5, 0.6) is 5.75 Å². The number of nitrogens with one attached hydrogen (secondary N) is 1. The maximum absolute atomic E-state index is 13.4. The molecule has 1 N–H and O–H groups in total. The number of non-ortho nitro benzene ring substituents is 1. The molecule has 4 rings (SSSR count). The number of amides is 1. The van der Waals surface area contributed by atoms with E-state index in [0.29, 0.717) is 12.0 Å². The fraction of sp³-hybridized carbons (Fsp3) is 0.154. The zero-order chi connectivity index (χ0) is 27.4. The van der Waals surface area contributed by atoms with Crippen molar-refractivity contribution >= 4 is 22.5 Å². The Morgan fingerprint density at radius 3 is 2.29 bits per heavy atom. The molecule has 1 amide bonds. The summed E-state index contributed by atoms with van der Waals surface area (Å²) in [6.07, 6.45) is -4.52. The first-order valence-corrected chi connectivity index (χ1v) is 11.2. The Balaban J connectivity index is 1.67. The number of aromatic nitrogens is 1. The number of benzene rings is 3. The van der Waals surface area contributed by atoms with Crippen molar-refractivity contribution < 1.29 is 32.0 Å². The summed E-state index contributed by atoms with van der Waals surface area (Å²) in [5.41, 5.74) is -0.108. The van der Waals surface area contributed by atoms with Crippen molar-refractivity contribution in [2.45, 2.75) is 19.3 Å². The van der Waals surface area contributed by atoms with Gasteiger partial charge in [0, 0.05) is 12.6 Å². The third kappa shape index (κ3) is 6.14. The molecular weight excluding hydrogens is 510 g/mol. The normalized spacial score (nSPS) is 11.4. The number of alkyl halides is 3. The number of carbonyl (C=O) groups is 1. The van der Waals surface area contributed by atoms with Gasteiger partial charge in [0.2, 0.25) is 0 Å². The van der Waals surface area contributed by atoms with Crippen molar-refractivity contribution in [1.29, 1.82) is 0 Å². The SMILES string of the molecule is O=C(NCCc1ccc(F)cc1)c1cc2c([N+](=O)[O-])cccc2n(Cc2ccc(OC(F)(F)F)cc2)c1=O. The highest BCUT2D eigenvalue weighted by molar-refractivity contribution is 5.99. The van der Waals surface area contributed by atoms with E-state index in [0.717, 1.165) is 28.3 Å². The van der Waals surface area contributed by atoms with E-state index in [1.165, 1.54) is 42.5 Å². The number of carbonyl (C=O) groups excluding carboxylic acids is 1. The monoisotopic (exact) mass is 529 g/mol. The van der Waals surface area contributed by atoms with Crippen molar-refractivity contribution in [2.24, 2.45) is 0 Å². The molecule has 0 aliphatic carbocycles. The van der Waals surface area contributed by atoms with E-state index in [2.05, 4.69) is 10.1 Å². The first-order valence-electron chi connectivity index (χ1n) is 11.2. The van der Waals surface area contributed by atoms with Gasteiger partial charge in [-0.1, -0.05) is 30.3 Å². The molecule has 0 atom stereocenters. The molecular formula is C26H19F4N3O5. The third-order valence-electron chi connectivity index (χ3n) is 5.67. The van der Waals surface area contributed by atoms with Gasteiger partial charge in [0.05, 0.1) is 22.4 Å². The number of hydrogen-bond acceptors (Lipinski definition) is 5. The first-order chi connectivity index (χ1) is 18.0. The van der Waals surface area contributed by atoms with E-state index in [4.69, 9.17) is 0 Å². The van der Waals surface area contributed by atoms with E-state index in [-0.39, 0.29) is 35.2 Å². The van der Waals surface area contributed by atoms with E-state index in [1.54, 1.807) is 12.1 Å². The van der Waals surface area contributed by atoms with Crippen molar-refractivity contribution in [2.75, 3.05) is 6.54 Å². The number of halogens is 4. The maximum Gasteiger partial charge on any atom is 0.573 e. The topological polar surface area (TPSA) is 103 Å². The molecule has 0 radical (unpaired) electrons. The van der Waals surface area contributed by atoms with E-state index in [9.17, 15) is 37.3 Å². The minimum atomic E-state index is -4.87. The zero-order valence-electron chi connectivity index (χ0n) is 19.5. The van der Waals surface area contributed by atoms with Gasteiger partial charge >= 0.3 is 6.36 Å². The van der Waals surface area contributed by atoms with Gasteiger partial charge in [-0.05, 0) is 53.9 Å². The van der Waals surface area contributed by atoms with Gasteiger partial charge in [0.15, 0.2) is 0 Å². The van der Waals surface area contributed by atoms with Crippen molar-refractivity contribution in [3.63, 3.8) is 0 Å². The van der Waals surface area contributed by atoms with Crippen LogP contribution < -0.4 is 15.6 Å². The van der Waals surface area contributed by atoms with E-state index >= 15 is 0 Å². The third-order valence-corrected chi connectivity index (χ3v) is 5.67. The van der Waals surface area contributed by atoms with Crippen LogP contribution in [0.25, 0.3) is 10.9 Å². The maximum atomic E-state index is 13.4. The Morgan fingerprint density at radius 1 is 1.00 bits per heavy atom. The standard InChI is InChI=1S/C26H19F4N3O5/c27-18-8-4-16(5-9-18)12-13-31-24(34)21-14-20-22(2-1-3-23(20)33(36)37)32(25(21)35)15-17-6-10-19(11-7-17)38-26(28,29)30/h1-11,14H,12-13,15H2,(H,31,34). The molecule has 1 aromatic heterocycles. The average molecular weight is 529 g/mol. The van der Waals surface area contributed by atoms with Crippen LogP contribution in [0.15, 0.2) is 77.6 Å². The number of nitro benzene ring substituents is 1. The Morgan fingerprint density at radius 2 is 1.66 bits per heavy atom. The quantitative estimate of drug-likeness (QED) is 0.197. The van der Waals surface area contributed by atoms with Gasteiger partial charge in [0.25, 0.3) is 17.2 Å². The van der Waals surface area contributed by atoms with Gasteiger partial charge in [-0.3, -0.25) is 19.7 Å². The fourth-order valence-corrected chi connectivity index (χ4v) is 3.91. The molecule has 0 unspecified atom stereocenters. The molecule has 0 saturated heterocycles. The highest BCUT2D eigenvalue weighted by atomic mass is 19.4. The van der Waals surface area contributed by atoms with Gasteiger partial charge in [-0.15, -0.1) is 13.2 Å². The molecule has 0 aliphatic rings. The summed E-state index contributed by atoms with van der Waals surface area (Å²) >= 11 is 0. The molecule has 196 valence electrons. The molecule has 0 spiro atoms. The van der Waals surface area contributed by atoms with Crippen LogP contribution in [0.4, 0.5) is 23.2 Å². The summed E-state index contributed by atoms with van der Waals surface area (Å²) in [6, 6.07) is 15.7. The lowest BCUT2D eigenvalue weighted by Crippen LogP contribution is -2.34. The number of fused-ring (bicyclic) bond motifs is 1. The average Bonchev–Trinajstić information content (AvgIpc) is 2.86. The molecule has 0 bridgehead atoms. The van der Waals surface area contributed by atoms with Crippen molar-refractivity contribution in [1.82, 2.24) is 9.88 Å². The number of nitro groups is 1. The van der Waals surface area contributed by atoms with Crippen LogP contribution in [0.2, 0.25) is 0 Å². The van der Waals surface area contributed by atoms with Crippen LogP contribution in [0.3, 0.4) is 0 Å². The molecule has 38 heavy (non-hydrogen) atoms. The predicted octanol–water partition coefficient (Wildman–Crippen LogP) is 4.97. The highest BCUT2D eigenvalue weighted by Gasteiger charge is 2.31. The zero-order valence-corrected chi connectivity index (χ0v) is 19.5. The summed E-state index contributed by atoms with van der Waals surface area (Å²) in [4.78, 5) is 37.3. The molecule has 0 saturated carbocycles. The van der Waals surface area contributed by atoms with Crippen LogP contribution in [0.1, 0.15) is 21.5 Å². The molecule has 3 aromatic carbocycles. The summed E-state index contributed by atoms with van der Waals surface area (Å²) in [6.45, 7) is -0.0704. The molecule has 8 nitrogen and oxygen atoms in total. The number of pyridine rings is 1. The smallest absolute Gasteiger partial charge is 0.406 e. The minimum absolute atomic E-state index is 0.0396. The van der Waals surface area contributed by atoms with Crippen molar-refractivity contribution in [3.8, 4) is 5.75 Å². The number of rotatable bonds is 8. The Kier molecular flexibility index (Phi) is 7.42. The Hall–Kier alpha value is -4.74. The van der Waals surface area contributed by atoms with Gasteiger partial charge < -0.3 is 14.6 Å². The molecule has 0 fully saturated rings. The number of nitrogens with zero attached hydrogens (tertiary/aromatic N) is 2. The Bertz CT molecular complexity index is 1550. The number of hydrogen-bond donors (Lipinski definition) is 1. The van der Waals surface area contributed by atoms with E-state index in [1.807, 2.05) is 0 Å². The van der Waals surface area contributed by atoms with Crippen molar-refractivity contribution in [3.05, 3.63) is 116 Å². The molecule has 4 aromatic rings. The molecule has 1 heterocycles. The lowest BCUT2D eigenvalue weighted by atomic mass is 10.1. The predicted molar refractivity (Wildman–Crippen MR) is 130 cm³/mol. The van der Waals surface area contributed by atoms with E-state index < -0.39 is 34.3 Å². The largest absolute Gasteiger partial charge is 0.573 e. The summed E-state index contributed by atoms with van der Waals surface area (Å²) < 4.78 is 55.5. The van der Waals surface area contributed by atoms with Crippen LogP contribution in [0, 0.1) is 15.9 Å². The lowest BCUT2D eigenvalue weighted by Gasteiger charge is -2.14. The lowest BCUT2D eigenvalue weighted by molar-refractivity contribution is -0.383. The van der Waals surface area contributed by atoms with Gasteiger partial charge in [-0.2, -0.15) is 0 Å². The van der Waals surface area contributed by atoms with Gasteiger partial charge in [-0.25, -0.2) is 4.39 Å². The van der Waals surface area contributed by atoms with Crippen LogP contribution in [-0.4, -0.2) is 28.3 Å². The fourth-order valence-electron chi connectivity index (χ4n) is 3.91. The second kappa shape index (κ2) is 10.7. The molecule has 12 heteroatoms. The summed E-state index contributed by atoms with van der Waals surface area (Å²) in [7, 11) is 0. The van der Waals surface area contributed by atoms with Crippen LogP contribution >= 0.6 is 0 Å². The second-order valence-corrected chi connectivity index (χ2v) is 8.24.